The van der Waals surface area contributed by atoms with Crippen LogP contribution in [0.4, 0.5) is 0 Å². The van der Waals surface area contributed by atoms with Crippen LogP contribution >= 0.6 is 12.4 Å². The van der Waals surface area contributed by atoms with E-state index in [-0.39, 0.29) is 24.4 Å². The Morgan fingerprint density at radius 1 is 1.37 bits per heavy atom. The molecule has 1 rings (SSSR count). The summed E-state index contributed by atoms with van der Waals surface area (Å²) in [6, 6.07) is 0.428. The SMILES string of the molecule is CCCN(C(=O)CCOC(C)C)C1CCNCC1.Cl. The van der Waals surface area contributed by atoms with Crippen LogP contribution in [0.2, 0.25) is 0 Å². The van der Waals surface area contributed by atoms with Crippen LogP contribution in [0.25, 0.3) is 0 Å². The minimum Gasteiger partial charge on any atom is -0.378 e. The zero-order valence-corrected chi connectivity index (χ0v) is 13.3. The Morgan fingerprint density at radius 3 is 2.53 bits per heavy atom. The van der Waals surface area contributed by atoms with Crippen molar-refractivity contribution in [3.63, 3.8) is 0 Å². The van der Waals surface area contributed by atoms with Crippen molar-refractivity contribution in [1.29, 1.82) is 0 Å². The summed E-state index contributed by atoms with van der Waals surface area (Å²) in [6.07, 6.45) is 3.91. The Hall–Kier alpha value is -0.320. The van der Waals surface area contributed by atoms with Gasteiger partial charge in [-0.15, -0.1) is 12.4 Å². The van der Waals surface area contributed by atoms with Crippen LogP contribution in [-0.4, -0.2) is 49.2 Å². The summed E-state index contributed by atoms with van der Waals surface area (Å²) >= 11 is 0. The number of carbonyl (C=O) groups is 1. The van der Waals surface area contributed by atoms with Crippen LogP contribution in [0.3, 0.4) is 0 Å². The summed E-state index contributed by atoms with van der Waals surface area (Å²) in [5.74, 6) is 0.254. The molecule has 4 nitrogen and oxygen atoms in total. The van der Waals surface area contributed by atoms with Crippen molar-refractivity contribution in [3.8, 4) is 0 Å². The van der Waals surface area contributed by atoms with E-state index in [1.807, 2.05) is 13.8 Å². The van der Waals surface area contributed by atoms with Crippen molar-refractivity contribution in [2.24, 2.45) is 0 Å². The first-order valence-electron chi connectivity index (χ1n) is 7.27. The number of halogens is 1. The fourth-order valence-corrected chi connectivity index (χ4v) is 2.40. The van der Waals surface area contributed by atoms with Gasteiger partial charge in [0.25, 0.3) is 0 Å². The van der Waals surface area contributed by atoms with Gasteiger partial charge in [0.05, 0.1) is 19.1 Å². The zero-order chi connectivity index (χ0) is 13.4. The Balaban J connectivity index is 0.00000324. The van der Waals surface area contributed by atoms with Gasteiger partial charge in [-0.3, -0.25) is 4.79 Å². The highest BCUT2D eigenvalue weighted by molar-refractivity contribution is 5.85. The van der Waals surface area contributed by atoms with Gasteiger partial charge in [0.1, 0.15) is 0 Å². The topological polar surface area (TPSA) is 41.6 Å². The van der Waals surface area contributed by atoms with E-state index < -0.39 is 0 Å². The molecule has 0 aromatic rings. The van der Waals surface area contributed by atoms with E-state index in [4.69, 9.17) is 4.74 Å². The molecule has 0 aromatic heterocycles. The van der Waals surface area contributed by atoms with Gasteiger partial charge in [-0.05, 0) is 46.2 Å². The van der Waals surface area contributed by atoms with Crippen LogP contribution in [0.15, 0.2) is 0 Å². The molecule has 1 heterocycles. The number of nitrogens with one attached hydrogen (secondary N) is 1. The molecular weight excluding hydrogens is 264 g/mol. The second-order valence-corrected chi connectivity index (χ2v) is 5.24. The average molecular weight is 293 g/mol. The van der Waals surface area contributed by atoms with Crippen molar-refractivity contribution in [3.05, 3.63) is 0 Å². The molecule has 0 bridgehead atoms. The fraction of sp³-hybridized carbons (Fsp3) is 0.929. The van der Waals surface area contributed by atoms with E-state index in [9.17, 15) is 4.79 Å². The van der Waals surface area contributed by atoms with Crippen molar-refractivity contribution in [1.82, 2.24) is 10.2 Å². The van der Waals surface area contributed by atoms with Crippen LogP contribution in [0.5, 0.6) is 0 Å². The van der Waals surface area contributed by atoms with Gasteiger partial charge in [0, 0.05) is 12.6 Å². The maximum absolute atomic E-state index is 12.2. The maximum Gasteiger partial charge on any atom is 0.225 e. The molecule has 1 aliphatic rings. The number of carbonyl (C=O) groups excluding carboxylic acids is 1. The molecule has 0 spiro atoms. The van der Waals surface area contributed by atoms with Gasteiger partial charge in [-0.1, -0.05) is 6.92 Å². The standard InChI is InChI=1S/C14H28N2O2.ClH/c1-4-10-16(13-5-8-15-9-6-13)14(17)7-11-18-12(2)3;/h12-13,15H,4-11H2,1-3H3;1H. The molecule has 1 N–H and O–H groups in total. The van der Waals surface area contributed by atoms with Crippen molar-refractivity contribution < 1.29 is 9.53 Å². The molecule has 0 unspecified atom stereocenters. The lowest BCUT2D eigenvalue weighted by Gasteiger charge is -2.34. The van der Waals surface area contributed by atoms with Crippen molar-refractivity contribution in [2.75, 3.05) is 26.2 Å². The number of rotatable bonds is 7. The molecule has 0 atom stereocenters. The van der Waals surface area contributed by atoms with Crippen LogP contribution in [-0.2, 0) is 9.53 Å². The molecule has 0 radical (unpaired) electrons. The summed E-state index contributed by atoms with van der Waals surface area (Å²) in [6.45, 7) is 9.61. The third-order valence-electron chi connectivity index (χ3n) is 3.30. The van der Waals surface area contributed by atoms with Crippen LogP contribution < -0.4 is 5.32 Å². The van der Waals surface area contributed by atoms with E-state index >= 15 is 0 Å². The zero-order valence-electron chi connectivity index (χ0n) is 12.5. The van der Waals surface area contributed by atoms with Crippen molar-refractivity contribution in [2.45, 2.75) is 58.6 Å². The first kappa shape index (κ1) is 18.7. The van der Waals surface area contributed by atoms with E-state index in [1.165, 1.54) is 0 Å². The predicted octanol–water partition coefficient (Wildman–Crippen LogP) is 2.21. The van der Waals surface area contributed by atoms with E-state index in [0.29, 0.717) is 19.1 Å². The van der Waals surface area contributed by atoms with Crippen LogP contribution in [0, 0.1) is 0 Å². The molecule has 1 amide bonds. The first-order valence-corrected chi connectivity index (χ1v) is 7.27. The average Bonchev–Trinajstić information content (AvgIpc) is 2.36. The molecule has 1 aliphatic heterocycles. The lowest BCUT2D eigenvalue weighted by molar-refractivity contribution is -0.135. The highest BCUT2D eigenvalue weighted by atomic mass is 35.5. The molecule has 5 heteroatoms. The number of hydrogen-bond donors (Lipinski definition) is 1. The summed E-state index contributed by atoms with van der Waals surface area (Å²) in [5, 5.41) is 3.35. The minimum absolute atomic E-state index is 0. The van der Waals surface area contributed by atoms with E-state index in [2.05, 4.69) is 17.1 Å². The second-order valence-electron chi connectivity index (χ2n) is 5.24. The van der Waals surface area contributed by atoms with Gasteiger partial charge >= 0.3 is 0 Å². The molecule has 1 fully saturated rings. The normalized spacial score (nSPS) is 16.2. The number of ether oxygens (including phenoxy) is 1. The summed E-state index contributed by atoms with van der Waals surface area (Å²) in [5.41, 5.74) is 0. The molecule has 0 aliphatic carbocycles. The summed E-state index contributed by atoms with van der Waals surface area (Å²) in [4.78, 5) is 14.3. The van der Waals surface area contributed by atoms with E-state index in [0.717, 1.165) is 38.9 Å². The number of nitrogens with zero attached hydrogens (tertiary/aromatic N) is 1. The Morgan fingerprint density at radius 2 is 2.00 bits per heavy atom. The predicted molar refractivity (Wildman–Crippen MR) is 80.8 cm³/mol. The van der Waals surface area contributed by atoms with Gasteiger partial charge in [0.2, 0.25) is 5.91 Å². The molecule has 1 saturated heterocycles. The number of hydrogen-bond acceptors (Lipinski definition) is 3. The maximum atomic E-state index is 12.2. The second kappa shape index (κ2) is 10.5. The van der Waals surface area contributed by atoms with Gasteiger partial charge in [-0.25, -0.2) is 0 Å². The largest absolute Gasteiger partial charge is 0.378 e. The van der Waals surface area contributed by atoms with Gasteiger partial charge in [-0.2, -0.15) is 0 Å². The monoisotopic (exact) mass is 292 g/mol. The van der Waals surface area contributed by atoms with Crippen molar-refractivity contribution >= 4 is 18.3 Å². The Bertz CT molecular complexity index is 244. The molecule has 114 valence electrons. The Kier molecular flexibility index (Phi) is 10.3. The first-order chi connectivity index (χ1) is 8.65. The molecule has 19 heavy (non-hydrogen) atoms. The fourth-order valence-electron chi connectivity index (χ4n) is 2.40. The number of amides is 1. The molecule has 0 saturated carbocycles. The van der Waals surface area contributed by atoms with E-state index in [1.54, 1.807) is 0 Å². The van der Waals surface area contributed by atoms with Gasteiger partial charge in [0.15, 0.2) is 0 Å². The highest BCUT2D eigenvalue weighted by Gasteiger charge is 2.24. The Labute approximate surface area is 123 Å². The quantitative estimate of drug-likeness (QED) is 0.782. The lowest BCUT2D eigenvalue weighted by atomic mass is 10.0. The third-order valence-corrected chi connectivity index (χ3v) is 3.30. The summed E-state index contributed by atoms with van der Waals surface area (Å²) in [7, 11) is 0. The smallest absolute Gasteiger partial charge is 0.225 e. The highest BCUT2D eigenvalue weighted by Crippen LogP contribution is 2.14. The lowest BCUT2D eigenvalue weighted by Crippen LogP contribution is -2.46. The van der Waals surface area contributed by atoms with Crippen LogP contribution in [0.1, 0.15) is 46.5 Å². The molecular formula is C14H29ClN2O2. The van der Waals surface area contributed by atoms with Gasteiger partial charge < -0.3 is 15.0 Å². The third kappa shape index (κ3) is 7.14. The molecule has 0 aromatic carbocycles. The number of piperidine rings is 1. The minimum atomic E-state index is 0. The summed E-state index contributed by atoms with van der Waals surface area (Å²) < 4.78 is 5.47.